The Hall–Kier alpha value is -2.20. The van der Waals surface area contributed by atoms with Gasteiger partial charge in [-0.25, -0.2) is 0 Å². The molecule has 1 atom stereocenters. The molecule has 1 unspecified atom stereocenters. The van der Waals surface area contributed by atoms with E-state index in [4.69, 9.17) is 16.3 Å². The van der Waals surface area contributed by atoms with Gasteiger partial charge in [0.05, 0.1) is 12.8 Å². The van der Waals surface area contributed by atoms with Crippen LogP contribution in [0.2, 0.25) is 5.02 Å². The maximum atomic E-state index is 12.2. The van der Waals surface area contributed by atoms with Crippen LogP contribution in [0.5, 0.6) is 5.75 Å². The van der Waals surface area contributed by atoms with Crippen molar-refractivity contribution in [2.45, 2.75) is 13.0 Å². The van der Waals surface area contributed by atoms with Crippen LogP contribution in [0.25, 0.3) is 0 Å². The lowest BCUT2D eigenvalue weighted by Crippen LogP contribution is -2.20. The second-order valence-electron chi connectivity index (χ2n) is 5.00. The molecule has 0 saturated heterocycles. The number of hydrogen-bond acceptors (Lipinski definition) is 3. The average molecular weight is 303 g/mol. The van der Waals surface area contributed by atoms with E-state index in [0.29, 0.717) is 10.8 Å². The summed E-state index contributed by atoms with van der Waals surface area (Å²) in [6, 6.07) is 10.7. The number of carbonyl (C=O) groups is 1. The molecular formula is C16H15ClN2O2. The SMILES string of the molecule is COc1ccc(C)cc1NC1C(=O)Nc2ccc(Cl)cc21. The number of anilines is 2. The molecule has 1 aliphatic rings. The number of rotatable bonds is 3. The minimum Gasteiger partial charge on any atom is -0.495 e. The lowest BCUT2D eigenvalue weighted by molar-refractivity contribution is -0.116. The first kappa shape index (κ1) is 13.8. The van der Waals surface area contributed by atoms with Crippen molar-refractivity contribution in [3.05, 3.63) is 52.5 Å². The summed E-state index contributed by atoms with van der Waals surface area (Å²) in [6.07, 6.45) is 0. The molecule has 2 aromatic carbocycles. The lowest BCUT2D eigenvalue weighted by Gasteiger charge is -2.16. The van der Waals surface area contributed by atoms with Crippen LogP contribution in [0.4, 0.5) is 11.4 Å². The molecule has 0 bridgehead atoms. The van der Waals surface area contributed by atoms with Crippen LogP contribution in [-0.2, 0) is 4.79 Å². The molecule has 1 amide bonds. The second kappa shape index (κ2) is 5.30. The second-order valence-corrected chi connectivity index (χ2v) is 5.44. The van der Waals surface area contributed by atoms with Crippen LogP contribution in [0, 0.1) is 6.92 Å². The number of benzene rings is 2. The molecular weight excluding hydrogens is 288 g/mol. The summed E-state index contributed by atoms with van der Waals surface area (Å²) in [5.74, 6) is 0.597. The van der Waals surface area contributed by atoms with Gasteiger partial charge >= 0.3 is 0 Å². The van der Waals surface area contributed by atoms with Crippen molar-refractivity contribution in [1.82, 2.24) is 0 Å². The molecule has 2 aromatic rings. The Kier molecular flexibility index (Phi) is 3.47. The molecule has 21 heavy (non-hydrogen) atoms. The van der Waals surface area contributed by atoms with Gasteiger partial charge in [0, 0.05) is 16.3 Å². The van der Waals surface area contributed by atoms with Gasteiger partial charge in [0.25, 0.3) is 5.91 Å². The highest BCUT2D eigenvalue weighted by Gasteiger charge is 2.31. The number of aryl methyl sites for hydroxylation is 1. The van der Waals surface area contributed by atoms with Gasteiger partial charge in [-0.1, -0.05) is 17.7 Å². The van der Waals surface area contributed by atoms with Gasteiger partial charge in [-0.3, -0.25) is 4.79 Å². The molecule has 0 saturated carbocycles. The van der Waals surface area contributed by atoms with E-state index in [9.17, 15) is 4.79 Å². The maximum absolute atomic E-state index is 12.2. The van der Waals surface area contributed by atoms with E-state index < -0.39 is 6.04 Å². The number of hydrogen-bond donors (Lipinski definition) is 2. The Morgan fingerprint density at radius 1 is 1.24 bits per heavy atom. The Morgan fingerprint density at radius 2 is 2.05 bits per heavy atom. The number of fused-ring (bicyclic) bond motifs is 1. The zero-order valence-electron chi connectivity index (χ0n) is 11.7. The van der Waals surface area contributed by atoms with E-state index in [-0.39, 0.29) is 5.91 Å². The summed E-state index contributed by atoms with van der Waals surface area (Å²) in [5, 5.41) is 6.69. The van der Waals surface area contributed by atoms with Crippen LogP contribution in [0.1, 0.15) is 17.2 Å². The van der Waals surface area contributed by atoms with E-state index in [1.807, 2.05) is 31.2 Å². The number of amides is 1. The van der Waals surface area contributed by atoms with Crippen LogP contribution >= 0.6 is 11.6 Å². The molecule has 1 aliphatic heterocycles. The summed E-state index contributed by atoms with van der Waals surface area (Å²) >= 11 is 6.03. The van der Waals surface area contributed by atoms with Crippen LogP contribution in [0.3, 0.4) is 0 Å². The van der Waals surface area contributed by atoms with Gasteiger partial charge in [-0.05, 0) is 42.8 Å². The number of nitrogens with one attached hydrogen (secondary N) is 2. The fourth-order valence-electron chi connectivity index (χ4n) is 2.47. The molecule has 2 N–H and O–H groups in total. The minimum absolute atomic E-state index is 0.101. The third-order valence-electron chi connectivity index (χ3n) is 3.50. The molecule has 5 heteroatoms. The fraction of sp³-hybridized carbons (Fsp3) is 0.188. The summed E-state index contributed by atoms with van der Waals surface area (Å²) in [5.41, 5.74) is 3.50. The fourth-order valence-corrected chi connectivity index (χ4v) is 2.65. The normalized spacial score (nSPS) is 16.3. The lowest BCUT2D eigenvalue weighted by atomic mass is 10.1. The Bertz CT molecular complexity index is 715. The molecule has 3 rings (SSSR count). The Labute approximate surface area is 128 Å². The van der Waals surface area contributed by atoms with Crippen LogP contribution in [0.15, 0.2) is 36.4 Å². The summed E-state index contributed by atoms with van der Waals surface area (Å²) in [6.45, 7) is 1.99. The van der Waals surface area contributed by atoms with Crippen molar-refractivity contribution in [2.75, 3.05) is 17.7 Å². The Balaban J connectivity index is 1.98. The number of ether oxygens (including phenoxy) is 1. The van der Waals surface area contributed by atoms with Crippen molar-refractivity contribution >= 4 is 28.9 Å². The third-order valence-corrected chi connectivity index (χ3v) is 3.73. The van der Waals surface area contributed by atoms with Crippen molar-refractivity contribution in [1.29, 1.82) is 0 Å². The zero-order valence-corrected chi connectivity index (χ0v) is 12.5. The molecule has 0 aromatic heterocycles. The highest BCUT2D eigenvalue weighted by Crippen LogP contribution is 2.37. The highest BCUT2D eigenvalue weighted by atomic mass is 35.5. The standard InChI is InChI=1S/C16H15ClN2O2/c1-9-3-6-14(21-2)13(7-9)18-15-11-8-10(17)4-5-12(11)19-16(15)20/h3-8,15,18H,1-2H3,(H,19,20). The first-order chi connectivity index (χ1) is 10.1. The van der Waals surface area contributed by atoms with Crippen molar-refractivity contribution in [3.63, 3.8) is 0 Å². The number of methoxy groups -OCH3 is 1. The predicted molar refractivity (Wildman–Crippen MR) is 84.2 cm³/mol. The van der Waals surface area contributed by atoms with E-state index in [0.717, 1.165) is 22.5 Å². The monoisotopic (exact) mass is 302 g/mol. The molecule has 0 spiro atoms. The molecule has 0 aliphatic carbocycles. The first-order valence-electron chi connectivity index (χ1n) is 6.60. The summed E-state index contributed by atoms with van der Waals surface area (Å²) < 4.78 is 5.34. The molecule has 1 heterocycles. The van der Waals surface area contributed by atoms with E-state index in [2.05, 4.69) is 10.6 Å². The molecule has 0 fully saturated rings. The quantitative estimate of drug-likeness (QED) is 0.907. The van der Waals surface area contributed by atoms with Gasteiger partial charge in [-0.15, -0.1) is 0 Å². The molecule has 0 radical (unpaired) electrons. The molecule has 108 valence electrons. The van der Waals surface area contributed by atoms with Gasteiger partial charge in [0.2, 0.25) is 0 Å². The van der Waals surface area contributed by atoms with Crippen LogP contribution in [-0.4, -0.2) is 13.0 Å². The van der Waals surface area contributed by atoms with E-state index in [1.54, 1.807) is 19.2 Å². The smallest absolute Gasteiger partial charge is 0.251 e. The number of halogens is 1. The van der Waals surface area contributed by atoms with Crippen molar-refractivity contribution < 1.29 is 9.53 Å². The average Bonchev–Trinajstić information content (AvgIpc) is 2.75. The van der Waals surface area contributed by atoms with Crippen LogP contribution < -0.4 is 15.4 Å². The highest BCUT2D eigenvalue weighted by molar-refractivity contribution is 6.31. The van der Waals surface area contributed by atoms with Crippen molar-refractivity contribution in [2.24, 2.45) is 0 Å². The van der Waals surface area contributed by atoms with Gasteiger partial charge in [0.1, 0.15) is 11.8 Å². The zero-order chi connectivity index (χ0) is 15.0. The third kappa shape index (κ3) is 2.54. The van der Waals surface area contributed by atoms with E-state index >= 15 is 0 Å². The van der Waals surface area contributed by atoms with Crippen molar-refractivity contribution in [3.8, 4) is 5.75 Å². The number of carbonyl (C=O) groups excluding carboxylic acids is 1. The maximum Gasteiger partial charge on any atom is 0.251 e. The molecule has 4 nitrogen and oxygen atoms in total. The summed E-state index contributed by atoms with van der Waals surface area (Å²) in [7, 11) is 1.61. The summed E-state index contributed by atoms with van der Waals surface area (Å²) in [4.78, 5) is 12.2. The van der Waals surface area contributed by atoms with E-state index in [1.165, 1.54) is 0 Å². The van der Waals surface area contributed by atoms with Gasteiger partial charge in [0.15, 0.2) is 0 Å². The largest absolute Gasteiger partial charge is 0.495 e. The Morgan fingerprint density at radius 3 is 2.81 bits per heavy atom. The van der Waals surface area contributed by atoms with Gasteiger partial charge < -0.3 is 15.4 Å². The van der Waals surface area contributed by atoms with Gasteiger partial charge in [-0.2, -0.15) is 0 Å². The topological polar surface area (TPSA) is 50.4 Å². The minimum atomic E-state index is -0.477. The first-order valence-corrected chi connectivity index (χ1v) is 6.98. The predicted octanol–water partition coefficient (Wildman–Crippen LogP) is 3.76.